The molecule has 0 bridgehead atoms. The summed E-state index contributed by atoms with van der Waals surface area (Å²) in [4.78, 5) is 20.3. The average Bonchev–Trinajstić information content (AvgIpc) is 3.18. The van der Waals surface area contributed by atoms with Gasteiger partial charge < -0.3 is 0 Å². The van der Waals surface area contributed by atoms with Crippen LogP contribution in [0.4, 0.5) is 10.5 Å². The number of anilines is 1. The Balaban J connectivity index is 1.75. The Kier molecular flexibility index (Phi) is 3.79. The van der Waals surface area contributed by atoms with Crippen LogP contribution in [0.5, 0.6) is 0 Å². The Labute approximate surface area is 125 Å². The standard InChI is InChI=1S/C15H15N3O2S/c1-17(13-7-3-2-4-8-13)15(19)20-18-14(9-10-16-18)21-11-5-6-12-21/h2-12,21H,1H3. The number of aromatic nitrogens is 2. The lowest BCUT2D eigenvalue weighted by Gasteiger charge is -2.18. The normalized spacial score (nSPS) is 14.4. The zero-order chi connectivity index (χ0) is 14.7. The van der Waals surface area contributed by atoms with Crippen LogP contribution in [-0.4, -0.2) is 23.1 Å². The van der Waals surface area contributed by atoms with E-state index in [4.69, 9.17) is 4.84 Å². The number of hydrogen-bond acceptors (Lipinski definition) is 3. The van der Waals surface area contributed by atoms with Crippen molar-refractivity contribution in [2.75, 3.05) is 11.9 Å². The maximum absolute atomic E-state index is 12.2. The minimum Gasteiger partial charge on any atom is -0.298 e. The predicted octanol–water partition coefficient (Wildman–Crippen LogP) is 2.97. The highest BCUT2D eigenvalue weighted by molar-refractivity contribution is 8.22. The second-order valence-corrected chi connectivity index (χ2v) is 6.27. The van der Waals surface area contributed by atoms with E-state index in [0.29, 0.717) is 0 Å². The van der Waals surface area contributed by atoms with Crippen LogP contribution >= 0.6 is 10.9 Å². The van der Waals surface area contributed by atoms with Gasteiger partial charge in [0.05, 0.1) is 6.20 Å². The summed E-state index contributed by atoms with van der Waals surface area (Å²) >= 11 is 0. The Hall–Kier alpha value is -2.47. The number of amides is 1. The molecule has 21 heavy (non-hydrogen) atoms. The molecule has 0 N–H and O–H groups in total. The van der Waals surface area contributed by atoms with Gasteiger partial charge in [0.2, 0.25) is 0 Å². The van der Waals surface area contributed by atoms with E-state index in [-0.39, 0.29) is 0 Å². The molecule has 0 aliphatic carbocycles. The molecule has 6 heteroatoms. The number of thiol groups is 1. The number of nitrogens with zero attached hydrogens (tertiary/aromatic N) is 3. The van der Waals surface area contributed by atoms with E-state index in [9.17, 15) is 4.79 Å². The number of allylic oxidation sites excluding steroid dienone is 2. The maximum Gasteiger partial charge on any atom is 0.440 e. The molecule has 1 aromatic carbocycles. The van der Waals surface area contributed by atoms with Gasteiger partial charge in [0.1, 0.15) is 5.03 Å². The molecule has 108 valence electrons. The summed E-state index contributed by atoms with van der Waals surface area (Å²) in [7, 11) is 1.08. The monoisotopic (exact) mass is 301 g/mol. The summed E-state index contributed by atoms with van der Waals surface area (Å²) in [5, 5.41) is 9.11. The second-order valence-electron chi connectivity index (χ2n) is 4.40. The maximum atomic E-state index is 12.2. The van der Waals surface area contributed by atoms with Crippen LogP contribution in [0.1, 0.15) is 0 Å². The van der Waals surface area contributed by atoms with Gasteiger partial charge >= 0.3 is 6.09 Å². The lowest BCUT2D eigenvalue weighted by molar-refractivity contribution is 0.111. The summed E-state index contributed by atoms with van der Waals surface area (Å²) in [5.74, 6) is 0. The third-order valence-electron chi connectivity index (χ3n) is 3.04. The molecular weight excluding hydrogens is 286 g/mol. The van der Waals surface area contributed by atoms with E-state index in [1.54, 1.807) is 13.2 Å². The Morgan fingerprint density at radius 3 is 2.62 bits per heavy atom. The Bertz CT molecular complexity index is 682. The first-order valence-corrected chi connectivity index (χ1v) is 7.92. The summed E-state index contributed by atoms with van der Waals surface area (Å²) in [6.45, 7) is 0. The first-order valence-electron chi connectivity index (χ1n) is 6.44. The molecule has 2 heterocycles. The van der Waals surface area contributed by atoms with Crippen LogP contribution in [0.15, 0.2) is 70.6 Å². The highest BCUT2D eigenvalue weighted by Gasteiger charge is 2.17. The van der Waals surface area contributed by atoms with Gasteiger partial charge in [-0.3, -0.25) is 9.74 Å². The summed E-state index contributed by atoms with van der Waals surface area (Å²) in [6, 6.07) is 11.2. The van der Waals surface area contributed by atoms with E-state index in [1.807, 2.05) is 48.6 Å². The lowest BCUT2D eigenvalue weighted by Crippen LogP contribution is -2.34. The molecule has 0 saturated carbocycles. The van der Waals surface area contributed by atoms with E-state index in [2.05, 4.69) is 15.9 Å². The average molecular weight is 301 g/mol. The predicted molar refractivity (Wildman–Crippen MR) is 84.6 cm³/mol. The zero-order valence-electron chi connectivity index (χ0n) is 11.5. The molecule has 0 fully saturated rings. The zero-order valence-corrected chi connectivity index (χ0v) is 12.4. The fourth-order valence-corrected chi connectivity index (χ4v) is 3.42. The molecule has 5 nitrogen and oxygen atoms in total. The van der Waals surface area contributed by atoms with Crippen molar-refractivity contribution >= 4 is 22.7 Å². The van der Waals surface area contributed by atoms with Crippen molar-refractivity contribution in [3.63, 3.8) is 0 Å². The first-order chi connectivity index (χ1) is 10.3. The number of benzene rings is 1. The van der Waals surface area contributed by atoms with Gasteiger partial charge in [0.25, 0.3) is 0 Å². The van der Waals surface area contributed by atoms with Gasteiger partial charge in [0.15, 0.2) is 0 Å². The molecule has 1 aliphatic rings. The molecule has 2 aromatic rings. The molecule has 3 rings (SSSR count). The van der Waals surface area contributed by atoms with Crippen LogP contribution in [0.2, 0.25) is 0 Å². The summed E-state index contributed by atoms with van der Waals surface area (Å²) < 4.78 is 0. The summed E-state index contributed by atoms with van der Waals surface area (Å²) in [5.41, 5.74) is 0.766. The van der Waals surface area contributed by atoms with Crippen molar-refractivity contribution in [2.24, 2.45) is 0 Å². The minimum absolute atomic E-state index is 0.478. The van der Waals surface area contributed by atoms with Crippen molar-refractivity contribution in [1.29, 1.82) is 0 Å². The van der Waals surface area contributed by atoms with Crippen LogP contribution in [-0.2, 0) is 0 Å². The van der Waals surface area contributed by atoms with E-state index < -0.39 is 17.0 Å². The van der Waals surface area contributed by atoms with Crippen molar-refractivity contribution in [2.45, 2.75) is 5.03 Å². The van der Waals surface area contributed by atoms with Gasteiger partial charge in [-0.1, -0.05) is 35.2 Å². The molecular formula is C15H15N3O2S. The van der Waals surface area contributed by atoms with Crippen LogP contribution in [0.3, 0.4) is 0 Å². The third-order valence-corrected chi connectivity index (χ3v) is 4.88. The molecule has 1 amide bonds. The number of hydrogen-bond donors (Lipinski definition) is 1. The topological polar surface area (TPSA) is 47.4 Å². The van der Waals surface area contributed by atoms with Crippen molar-refractivity contribution in [3.05, 3.63) is 65.6 Å². The van der Waals surface area contributed by atoms with Crippen LogP contribution in [0, 0.1) is 0 Å². The molecule has 0 radical (unpaired) electrons. The second kappa shape index (κ2) is 5.88. The fourth-order valence-electron chi connectivity index (χ4n) is 1.92. The number of carbonyl (C=O) groups is 1. The molecule has 0 saturated heterocycles. The number of carbonyl (C=O) groups excluding carboxylic acids is 1. The Morgan fingerprint density at radius 1 is 1.19 bits per heavy atom. The fraction of sp³-hybridized carbons (Fsp3) is 0.0667. The lowest BCUT2D eigenvalue weighted by atomic mass is 10.3. The van der Waals surface area contributed by atoms with E-state index in [1.165, 1.54) is 9.75 Å². The number of para-hydroxylation sites is 1. The third kappa shape index (κ3) is 2.85. The van der Waals surface area contributed by atoms with E-state index >= 15 is 0 Å². The van der Waals surface area contributed by atoms with E-state index in [0.717, 1.165) is 10.7 Å². The van der Waals surface area contributed by atoms with Gasteiger partial charge in [-0.25, -0.2) is 4.79 Å². The molecule has 0 unspecified atom stereocenters. The molecule has 1 aliphatic heterocycles. The van der Waals surface area contributed by atoms with Crippen molar-refractivity contribution in [1.82, 2.24) is 9.94 Å². The smallest absolute Gasteiger partial charge is 0.298 e. The Morgan fingerprint density at radius 2 is 1.90 bits per heavy atom. The SMILES string of the molecule is CN(C(=O)On1nccc1[SH]1C=CC=C1)c1ccccc1. The largest absolute Gasteiger partial charge is 0.440 e. The van der Waals surface area contributed by atoms with Crippen molar-refractivity contribution in [3.8, 4) is 0 Å². The van der Waals surface area contributed by atoms with Crippen molar-refractivity contribution < 1.29 is 9.63 Å². The molecule has 0 atom stereocenters. The molecule has 1 aromatic heterocycles. The van der Waals surface area contributed by atoms with Gasteiger partial charge in [-0.05, 0) is 29.0 Å². The van der Waals surface area contributed by atoms with Gasteiger partial charge in [-0.2, -0.15) is 10.9 Å². The van der Waals surface area contributed by atoms with Crippen LogP contribution in [0.25, 0.3) is 0 Å². The minimum atomic E-state index is -0.585. The number of rotatable bonds is 3. The molecule has 0 spiro atoms. The first kappa shape index (κ1) is 13.5. The summed E-state index contributed by atoms with van der Waals surface area (Å²) in [6.07, 6.45) is 5.13. The van der Waals surface area contributed by atoms with Gasteiger partial charge in [-0.15, -0.1) is 5.10 Å². The van der Waals surface area contributed by atoms with Gasteiger partial charge in [0, 0.05) is 12.7 Å². The highest BCUT2D eigenvalue weighted by atomic mass is 32.2. The quantitative estimate of drug-likeness (QED) is 0.887. The highest BCUT2D eigenvalue weighted by Crippen LogP contribution is 2.41. The van der Waals surface area contributed by atoms with Crippen LogP contribution < -0.4 is 9.74 Å².